The lowest BCUT2D eigenvalue weighted by Crippen LogP contribution is -1.80. The van der Waals surface area contributed by atoms with Crippen LogP contribution in [0.2, 0.25) is 0 Å². The molecule has 0 fully saturated rings. The van der Waals surface area contributed by atoms with E-state index in [4.69, 9.17) is 0 Å². The molecule has 0 unspecified atom stereocenters. The van der Waals surface area contributed by atoms with E-state index in [0.29, 0.717) is 0 Å². The maximum absolute atomic E-state index is 4.43. The number of fused-ring (bicyclic) bond motifs is 1. The van der Waals surface area contributed by atoms with Crippen LogP contribution in [0.1, 0.15) is 11.3 Å². The number of hydrogen-bond donors (Lipinski definition) is 2. The van der Waals surface area contributed by atoms with E-state index in [9.17, 15) is 0 Å². The van der Waals surface area contributed by atoms with Crippen molar-refractivity contribution in [2.24, 2.45) is 0 Å². The summed E-state index contributed by atoms with van der Waals surface area (Å²) in [6, 6.07) is 2.04. The fourth-order valence-electron chi connectivity index (χ4n) is 1.72. The third-order valence-electron chi connectivity index (χ3n) is 2.56. The van der Waals surface area contributed by atoms with Crippen LogP contribution >= 0.6 is 0 Å². The molecule has 2 N–H and O–H groups in total. The molecule has 0 bridgehead atoms. The van der Waals surface area contributed by atoms with Crippen LogP contribution in [0.4, 0.5) is 0 Å². The van der Waals surface area contributed by atoms with E-state index in [0.717, 1.165) is 33.8 Å². The normalized spacial score (nSPS) is 11.1. The second-order valence-corrected chi connectivity index (χ2v) is 3.88. The summed E-state index contributed by atoms with van der Waals surface area (Å²) in [4.78, 5) is 11.9. The Labute approximate surface area is 91.9 Å². The zero-order chi connectivity index (χ0) is 11.1. The van der Waals surface area contributed by atoms with Gasteiger partial charge in [0.2, 0.25) is 0 Å². The standard InChI is InChI=1S/C11H11N5/c1-6-3-9-11(12-4-6)15-10(14-9)8-5-13-16-7(8)2/h3-5H,1-2H3,(H,13,16)(H,12,14,15). The number of pyridine rings is 1. The van der Waals surface area contributed by atoms with Crippen molar-refractivity contribution < 1.29 is 0 Å². The van der Waals surface area contributed by atoms with Gasteiger partial charge in [0.1, 0.15) is 5.82 Å². The minimum absolute atomic E-state index is 0.737. The molecule has 0 aromatic carbocycles. The Kier molecular flexibility index (Phi) is 1.80. The van der Waals surface area contributed by atoms with Crippen LogP contribution in [0.5, 0.6) is 0 Å². The molecule has 0 aliphatic rings. The molecule has 0 spiro atoms. The summed E-state index contributed by atoms with van der Waals surface area (Å²) in [5.74, 6) is 0.805. The smallest absolute Gasteiger partial charge is 0.178 e. The highest BCUT2D eigenvalue weighted by Crippen LogP contribution is 2.21. The molecule has 5 heteroatoms. The van der Waals surface area contributed by atoms with E-state index in [2.05, 4.69) is 25.1 Å². The monoisotopic (exact) mass is 213 g/mol. The third-order valence-corrected chi connectivity index (χ3v) is 2.56. The van der Waals surface area contributed by atoms with Crippen LogP contribution in [-0.4, -0.2) is 25.1 Å². The number of aryl methyl sites for hydroxylation is 2. The number of H-pyrrole nitrogens is 2. The summed E-state index contributed by atoms with van der Waals surface area (Å²) in [7, 11) is 0. The second kappa shape index (κ2) is 3.16. The molecule has 3 rings (SSSR count). The molecule has 0 saturated carbocycles. The zero-order valence-corrected chi connectivity index (χ0v) is 9.07. The highest BCUT2D eigenvalue weighted by atomic mass is 15.1. The van der Waals surface area contributed by atoms with Gasteiger partial charge < -0.3 is 4.98 Å². The topological polar surface area (TPSA) is 70.2 Å². The van der Waals surface area contributed by atoms with E-state index < -0.39 is 0 Å². The minimum Gasteiger partial charge on any atom is -0.336 e. The molecule has 0 atom stereocenters. The maximum atomic E-state index is 4.43. The van der Waals surface area contributed by atoms with Crippen LogP contribution in [-0.2, 0) is 0 Å². The first-order valence-electron chi connectivity index (χ1n) is 5.07. The van der Waals surface area contributed by atoms with Gasteiger partial charge in [0.25, 0.3) is 0 Å². The molecule has 16 heavy (non-hydrogen) atoms. The van der Waals surface area contributed by atoms with Gasteiger partial charge in [-0.25, -0.2) is 9.97 Å². The Hall–Kier alpha value is -2.17. The molecule has 0 aliphatic carbocycles. The molecular formula is C11H11N5. The number of rotatable bonds is 1. The van der Waals surface area contributed by atoms with Gasteiger partial charge >= 0.3 is 0 Å². The number of nitrogens with one attached hydrogen (secondary N) is 2. The second-order valence-electron chi connectivity index (χ2n) is 3.88. The van der Waals surface area contributed by atoms with Gasteiger partial charge in [0.05, 0.1) is 17.3 Å². The van der Waals surface area contributed by atoms with Crippen molar-refractivity contribution in [3.05, 3.63) is 29.7 Å². The zero-order valence-electron chi connectivity index (χ0n) is 9.07. The van der Waals surface area contributed by atoms with Crippen molar-refractivity contribution >= 4 is 11.2 Å². The Morgan fingerprint density at radius 3 is 2.81 bits per heavy atom. The Morgan fingerprint density at radius 1 is 1.19 bits per heavy atom. The molecule has 3 aromatic rings. The van der Waals surface area contributed by atoms with Gasteiger partial charge in [-0.3, -0.25) is 5.10 Å². The van der Waals surface area contributed by atoms with Crippen molar-refractivity contribution in [2.45, 2.75) is 13.8 Å². The van der Waals surface area contributed by atoms with Crippen molar-refractivity contribution in [1.29, 1.82) is 0 Å². The van der Waals surface area contributed by atoms with E-state index >= 15 is 0 Å². The number of aromatic amines is 2. The highest BCUT2D eigenvalue weighted by molar-refractivity contribution is 5.76. The van der Waals surface area contributed by atoms with Crippen molar-refractivity contribution in [1.82, 2.24) is 25.1 Å². The van der Waals surface area contributed by atoms with Gasteiger partial charge in [-0.15, -0.1) is 0 Å². The number of imidazole rings is 1. The first-order valence-corrected chi connectivity index (χ1v) is 5.07. The fraction of sp³-hybridized carbons (Fsp3) is 0.182. The van der Waals surface area contributed by atoms with Gasteiger partial charge in [-0.1, -0.05) is 0 Å². The molecule has 5 nitrogen and oxygen atoms in total. The summed E-state index contributed by atoms with van der Waals surface area (Å²) in [5, 5.41) is 6.87. The van der Waals surface area contributed by atoms with Gasteiger partial charge in [0, 0.05) is 11.9 Å². The first kappa shape index (κ1) is 9.08. The molecule has 0 saturated heterocycles. The SMILES string of the molecule is Cc1cnc2nc(-c3cn[nH]c3C)[nH]c2c1. The van der Waals surface area contributed by atoms with Crippen molar-refractivity contribution in [2.75, 3.05) is 0 Å². The molecule has 3 aromatic heterocycles. The van der Waals surface area contributed by atoms with E-state index in [-0.39, 0.29) is 0 Å². The predicted molar refractivity (Wildman–Crippen MR) is 60.9 cm³/mol. The largest absolute Gasteiger partial charge is 0.336 e. The lowest BCUT2D eigenvalue weighted by Gasteiger charge is -1.90. The fourth-order valence-corrected chi connectivity index (χ4v) is 1.72. The summed E-state index contributed by atoms with van der Waals surface area (Å²) in [6.07, 6.45) is 3.58. The molecule has 0 aliphatic heterocycles. The minimum atomic E-state index is 0.737. The van der Waals surface area contributed by atoms with Crippen molar-refractivity contribution in [3.63, 3.8) is 0 Å². The van der Waals surface area contributed by atoms with Gasteiger partial charge in [-0.05, 0) is 25.5 Å². The van der Waals surface area contributed by atoms with E-state index in [1.54, 1.807) is 6.20 Å². The maximum Gasteiger partial charge on any atom is 0.178 e. The Bertz CT molecular complexity index is 649. The van der Waals surface area contributed by atoms with Crippen LogP contribution in [0.3, 0.4) is 0 Å². The Morgan fingerprint density at radius 2 is 2.06 bits per heavy atom. The summed E-state index contributed by atoms with van der Waals surface area (Å²) in [6.45, 7) is 3.98. The third kappa shape index (κ3) is 1.29. The predicted octanol–water partition coefficient (Wildman–Crippen LogP) is 1.96. The highest BCUT2D eigenvalue weighted by Gasteiger charge is 2.09. The van der Waals surface area contributed by atoms with E-state index in [1.165, 1.54) is 0 Å². The molecule has 80 valence electrons. The van der Waals surface area contributed by atoms with Gasteiger partial charge in [0.15, 0.2) is 5.65 Å². The molecular weight excluding hydrogens is 202 g/mol. The number of hydrogen-bond acceptors (Lipinski definition) is 3. The van der Waals surface area contributed by atoms with Crippen LogP contribution in [0.15, 0.2) is 18.5 Å². The molecule has 0 amide bonds. The average Bonchev–Trinajstić information content (AvgIpc) is 2.82. The van der Waals surface area contributed by atoms with Gasteiger partial charge in [-0.2, -0.15) is 5.10 Å². The molecule has 0 radical (unpaired) electrons. The average molecular weight is 213 g/mol. The lowest BCUT2D eigenvalue weighted by molar-refractivity contribution is 1.05. The number of nitrogens with zero attached hydrogens (tertiary/aromatic N) is 3. The van der Waals surface area contributed by atoms with Crippen LogP contribution < -0.4 is 0 Å². The Balaban J connectivity index is 2.23. The first-order chi connectivity index (χ1) is 7.74. The summed E-state index contributed by atoms with van der Waals surface area (Å²) < 4.78 is 0. The van der Waals surface area contributed by atoms with E-state index in [1.807, 2.05) is 26.1 Å². The lowest BCUT2D eigenvalue weighted by atomic mass is 10.2. The van der Waals surface area contributed by atoms with Crippen molar-refractivity contribution in [3.8, 4) is 11.4 Å². The van der Waals surface area contributed by atoms with Crippen LogP contribution in [0.25, 0.3) is 22.6 Å². The summed E-state index contributed by atoms with van der Waals surface area (Å²) >= 11 is 0. The quantitative estimate of drug-likeness (QED) is 0.649. The molecule has 3 heterocycles. The summed E-state index contributed by atoms with van der Waals surface area (Å²) in [5.41, 5.74) is 4.79. The number of aromatic nitrogens is 5. The van der Waals surface area contributed by atoms with Crippen LogP contribution in [0, 0.1) is 13.8 Å².